The van der Waals surface area contributed by atoms with Crippen molar-refractivity contribution in [2.24, 2.45) is 11.8 Å². The first-order valence-electron chi connectivity index (χ1n) is 6.48. The number of benzene rings is 2. The van der Waals surface area contributed by atoms with Crippen molar-refractivity contribution in [1.29, 1.82) is 0 Å². The second-order valence-electron chi connectivity index (χ2n) is 5.03. The Hall–Kier alpha value is -2.08. The number of allylic oxidation sites excluding steroid dienone is 4. The van der Waals surface area contributed by atoms with Crippen molar-refractivity contribution in [2.75, 3.05) is 0 Å². The molecule has 0 bridgehead atoms. The van der Waals surface area contributed by atoms with Crippen molar-refractivity contribution in [3.8, 4) is 0 Å². The van der Waals surface area contributed by atoms with Gasteiger partial charge in [-0.3, -0.25) is 0 Å². The number of rotatable bonds is 2. The van der Waals surface area contributed by atoms with E-state index in [1.165, 1.54) is 22.3 Å². The van der Waals surface area contributed by atoms with Crippen LogP contribution >= 0.6 is 0 Å². The normalized spacial score (nSPS) is 24.2. The molecule has 0 fully saturated rings. The van der Waals surface area contributed by atoms with E-state index in [2.05, 4.69) is 72.8 Å². The molecule has 0 nitrogen and oxygen atoms in total. The lowest BCUT2D eigenvalue weighted by Gasteiger charge is -2.44. The van der Waals surface area contributed by atoms with Gasteiger partial charge in [-0.05, 0) is 22.3 Å². The molecule has 0 radical (unpaired) electrons. The molecule has 2 aliphatic carbocycles. The second kappa shape index (κ2) is 3.71. The molecule has 2 unspecified atom stereocenters. The van der Waals surface area contributed by atoms with E-state index in [1.807, 2.05) is 0 Å². The molecule has 0 spiro atoms. The van der Waals surface area contributed by atoms with Crippen molar-refractivity contribution in [1.82, 2.24) is 0 Å². The lowest BCUT2D eigenvalue weighted by Crippen LogP contribution is -2.31. The van der Waals surface area contributed by atoms with Gasteiger partial charge in [0.25, 0.3) is 0 Å². The summed E-state index contributed by atoms with van der Waals surface area (Å²) in [5, 5.41) is 0. The SMILES string of the molecule is C1=C(c2ccccc2)C2C=C(c3ccccc3)C12. The van der Waals surface area contributed by atoms with Gasteiger partial charge in [0, 0.05) is 11.8 Å². The molecule has 2 aromatic carbocycles. The Kier molecular flexibility index (Phi) is 2.04. The Morgan fingerprint density at radius 2 is 0.889 bits per heavy atom. The summed E-state index contributed by atoms with van der Waals surface area (Å²) in [6.07, 6.45) is 4.84. The van der Waals surface area contributed by atoms with Crippen molar-refractivity contribution >= 4 is 11.1 Å². The van der Waals surface area contributed by atoms with Gasteiger partial charge in [-0.15, -0.1) is 0 Å². The van der Waals surface area contributed by atoms with Gasteiger partial charge < -0.3 is 0 Å². The Morgan fingerprint density at radius 3 is 1.22 bits per heavy atom. The van der Waals surface area contributed by atoms with E-state index >= 15 is 0 Å². The summed E-state index contributed by atoms with van der Waals surface area (Å²) >= 11 is 0. The van der Waals surface area contributed by atoms with Crippen LogP contribution in [0.15, 0.2) is 72.8 Å². The first kappa shape index (κ1) is 9.90. The molecule has 86 valence electrons. The van der Waals surface area contributed by atoms with Crippen LogP contribution in [0.5, 0.6) is 0 Å². The minimum absolute atomic E-state index is 0.655. The zero-order valence-corrected chi connectivity index (χ0v) is 10.1. The van der Waals surface area contributed by atoms with E-state index in [1.54, 1.807) is 0 Å². The predicted octanol–water partition coefficient (Wildman–Crippen LogP) is 4.41. The van der Waals surface area contributed by atoms with Crippen LogP contribution in [0.3, 0.4) is 0 Å². The second-order valence-corrected chi connectivity index (χ2v) is 5.03. The largest absolute Gasteiger partial charge is 0.0716 e. The molecule has 0 aliphatic heterocycles. The van der Waals surface area contributed by atoms with Gasteiger partial charge in [0.15, 0.2) is 0 Å². The highest BCUT2D eigenvalue weighted by Crippen LogP contribution is 2.55. The molecule has 0 saturated heterocycles. The van der Waals surface area contributed by atoms with Crippen molar-refractivity contribution in [3.63, 3.8) is 0 Å². The zero-order valence-electron chi connectivity index (χ0n) is 10.1. The van der Waals surface area contributed by atoms with Crippen molar-refractivity contribution in [3.05, 3.63) is 83.9 Å². The van der Waals surface area contributed by atoms with Crippen molar-refractivity contribution in [2.45, 2.75) is 0 Å². The monoisotopic (exact) mass is 230 g/mol. The summed E-state index contributed by atoms with van der Waals surface area (Å²) in [6, 6.07) is 21.4. The fourth-order valence-corrected chi connectivity index (χ4v) is 2.98. The van der Waals surface area contributed by atoms with E-state index < -0.39 is 0 Å². The van der Waals surface area contributed by atoms with E-state index in [-0.39, 0.29) is 0 Å². The lowest BCUT2D eigenvalue weighted by atomic mass is 9.59. The Bertz CT molecular complexity index is 573. The summed E-state index contributed by atoms with van der Waals surface area (Å²) in [7, 11) is 0. The molecular weight excluding hydrogens is 216 g/mol. The minimum atomic E-state index is 0.655. The molecule has 0 heteroatoms. The van der Waals surface area contributed by atoms with Crippen LogP contribution < -0.4 is 0 Å². The Balaban J connectivity index is 1.60. The van der Waals surface area contributed by atoms with Gasteiger partial charge >= 0.3 is 0 Å². The standard InChI is InChI=1S/C18H14/c1-3-7-13(8-4-1)15-11-18-16(12-17(15)18)14-9-5-2-6-10-14/h1-12,17-18H. The molecule has 4 rings (SSSR count). The summed E-state index contributed by atoms with van der Waals surface area (Å²) in [6.45, 7) is 0. The predicted molar refractivity (Wildman–Crippen MR) is 75.8 cm³/mol. The van der Waals surface area contributed by atoms with Gasteiger partial charge in [-0.2, -0.15) is 0 Å². The van der Waals surface area contributed by atoms with Crippen LogP contribution in [-0.2, 0) is 0 Å². The molecular formula is C18H14. The van der Waals surface area contributed by atoms with E-state index in [9.17, 15) is 0 Å². The lowest BCUT2D eigenvalue weighted by molar-refractivity contribution is 0.596. The van der Waals surface area contributed by atoms with Crippen molar-refractivity contribution < 1.29 is 0 Å². The maximum atomic E-state index is 2.42. The van der Waals surface area contributed by atoms with Crippen LogP contribution in [0, 0.1) is 11.8 Å². The molecule has 0 N–H and O–H groups in total. The molecule has 0 heterocycles. The fourth-order valence-electron chi connectivity index (χ4n) is 2.98. The van der Waals surface area contributed by atoms with Gasteiger partial charge in [0.05, 0.1) is 0 Å². The summed E-state index contributed by atoms with van der Waals surface area (Å²) < 4.78 is 0. The Morgan fingerprint density at radius 1 is 0.500 bits per heavy atom. The molecule has 0 aromatic heterocycles. The quantitative estimate of drug-likeness (QED) is 0.716. The third-order valence-electron chi connectivity index (χ3n) is 4.04. The van der Waals surface area contributed by atoms with Crippen LogP contribution in [0.1, 0.15) is 11.1 Å². The zero-order chi connectivity index (χ0) is 11.9. The van der Waals surface area contributed by atoms with Gasteiger partial charge in [0.1, 0.15) is 0 Å². The minimum Gasteiger partial charge on any atom is -0.0716 e. The molecule has 0 amide bonds. The Labute approximate surface area is 107 Å². The number of hydrogen-bond donors (Lipinski definition) is 0. The molecule has 18 heavy (non-hydrogen) atoms. The van der Waals surface area contributed by atoms with Gasteiger partial charge in [-0.25, -0.2) is 0 Å². The van der Waals surface area contributed by atoms with E-state index in [4.69, 9.17) is 0 Å². The molecule has 2 aliphatic rings. The third-order valence-corrected chi connectivity index (χ3v) is 4.04. The number of fused-ring (bicyclic) bond motifs is 1. The first-order chi connectivity index (χ1) is 8.93. The van der Waals surface area contributed by atoms with Crippen LogP contribution in [0.2, 0.25) is 0 Å². The highest BCUT2D eigenvalue weighted by atomic mass is 14.4. The molecule has 0 saturated carbocycles. The highest BCUT2D eigenvalue weighted by Gasteiger charge is 2.41. The van der Waals surface area contributed by atoms with Crippen LogP contribution in [0.4, 0.5) is 0 Å². The molecule has 2 aromatic rings. The van der Waals surface area contributed by atoms with E-state index in [0.29, 0.717) is 11.8 Å². The summed E-state index contributed by atoms with van der Waals surface area (Å²) in [5.41, 5.74) is 5.75. The maximum absolute atomic E-state index is 2.42. The number of hydrogen-bond acceptors (Lipinski definition) is 0. The third kappa shape index (κ3) is 1.32. The fraction of sp³-hybridized carbons (Fsp3) is 0.111. The van der Waals surface area contributed by atoms with Crippen LogP contribution in [0.25, 0.3) is 11.1 Å². The average Bonchev–Trinajstić information content (AvgIpc) is 2.43. The smallest absolute Gasteiger partial charge is 0.0131 e. The van der Waals surface area contributed by atoms with Gasteiger partial charge in [0.2, 0.25) is 0 Å². The summed E-state index contributed by atoms with van der Waals surface area (Å²) in [4.78, 5) is 0. The average molecular weight is 230 g/mol. The topological polar surface area (TPSA) is 0 Å². The summed E-state index contributed by atoms with van der Waals surface area (Å²) in [5.74, 6) is 1.31. The first-order valence-corrected chi connectivity index (χ1v) is 6.48. The van der Waals surface area contributed by atoms with Gasteiger partial charge in [-0.1, -0.05) is 72.8 Å². The van der Waals surface area contributed by atoms with Crippen LogP contribution in [-0.4, -0.2) is 0 Å². The maximum Gasteiger partial charge on any atom is 0.0131 e. The van der Waals surface area contributed by atoms with E-state index in [0.717, 1.165) is 0 Å². The molecule has 2 atom stereocenters. The highest BCUT2D eigenvalue weighted by molar-refractivity contribution is 5.90.